The van der Waals surface area contributed by atoms with Crippen LogP contribution in [0.25, 0.3) is 11.3 Å². The third-order valence-electron chi connectivity index (χ3n) is 5.80. The molecule has 33 heavy (non-hydrogen) atoms. The fraction of sp³-hybridized carbons (Fsp3) is 0.360. The normalized spacial score (nSPS) is 13.7. The lowest BCUT2D eigenvalue weighted by atomic mass is 10.1. The number of unbranched alkanes of at least 4 members (excludes halogenated alkanes) is 1. The average molecular weight is 448 g/mol. The monoisotopic (exact) mass is 447 g/mol. The molecule has 3 aromatic rings. The highest BCUT2D eigenvalue weighted by atomic mass is 16.3. The molecule has 0 saturated carbocycles. The number of furan rings is 1. The molecule has 1 aliphatic heterocycles. The molecule has 172 valence electrons. The summed E-state index contributed by atoms with van der Waals surface area (Å²) in [6.45, 7) is 5.16. The second-order valence-corrected chi connectivity index (χ2v) is 8.07. The first-order chi connectivity index (χ1) is 16.2. The zero-order valence-electron chi connectivity index (χ0n) is 18.9. The van der Waals surface area contributed by atoms with Crippen LogP contribution < -0.4 is 4.90 Å². The number of anilines is 1. The highest BCUT2D eigenvalue weighted by Crippen LogP contribution is 2.19. The summed E-state index contributed by atoms with van der Waals surface area (Å²) in [5, 5.41) is 8.76. The van der Waals surface area contributed by atoms with Gasteiger partial charge in [0.05, 0.1) is 12.0 Å². The van der Waals surface area contributed by atoms with Crippen LogP contribution in [0.4, 0.5) is 5.82 Å². The fourth-order valence-corrected chi connectivity index (χ4v) is 3.86. The molecule has 0 N–H and O–H groups in total. The van der Waals surface area contributed by atoms with Gasteiger partial charge in [-0.05, 0) is 30.7 Å². The minimum Gasteiger partial charge on any atom is -0.459 e. The SMILES string of the molecule is CCCCN(CC(=O)N1CCN(c2ccc(-c3ccccc3)nn2)CC1)C(=O)c1ccco1. The summed E-state index contributed by atoms with van der Waals surface area (Å²) < 4.78 is 5.25. The van der Waals surface area contributed by atoms with E-state index in [-0.39, 0.29) is 24.1 Å². The van der Waals surface area contributed by atoms with Gasteiger partial charge in [-0.15, -0.1) is 10.2 Å². The molecular weight excluding hydrogens is 418 g/mol. The van der Waals surface area contributed by atoms with Gasteiger partial charge in [0.25, 0.3) is 5.91 Å². The Balaban J connectivity index is 1.33. The van der Waals surface area contributed by atoms with E-state index in [2.05, 4.69) is 22.0 Å². The predicted octanol–water partition coefficient (Wildman–Crippen LogP) is 3.33. The summed E-state index contributed by atoms with van der Waals surface area (Å²) in [5.74, 6) is 0.783. The number of hydrogen-bond acceptors (Lipinski definition) is 6. The highest BCUT2D eigenvalue weighted by Gasteiger charge is 2.26. The molecule has 0 bridgehead atoms. The standard InChI is InChI=1S/C25H29N5O3/c1-2-3-13-30(25(32)22-10-7-18-33-22)19-24(31)29-16-14-28(15-17-29)23-12-11-21(26-27-23)20-8-5-4-6-9-20/h4-12,18H,2-3,13-17,19H2,1H3. The molecule has 1 fully saturated rings. The molecular formula is C25H29N5O3. The lowest BCUT2D eigenvalue weighted by molar-refractivity contribution is -0.132. The maximum absolute atomic E-state index is 12.9. The maximum Gasteiger partial charge on any atom is 0.290 e. The van der Waals surface area contributed by atoms with Crippen molar-refractivity contribution in [3.05, 3.63) is 66.6 Å². The first kappa shape index (κ1) is 22.5. The van der Waals surface area contributed by atoms with Crippen LogP contribution >= 0.6 is 0 Å². The smallest absolute Gasteiger partial charge is 0.290 e. The van der Waals surface area contributed by atoms with E-state index in [1.807, 2.05) is 47.4 Å². The van der Waals surface area contributed by atoms with Crippen LogP contribution in [-0.4, -0.2) is 71.1 Å². The molecule has 1 saturated heterocycles. The van der Waals surface area contributed by atoms with Gasteiger partial charge in [0, 0.05) is 38.3 Å². The highest BCUT2D eigenvalue weighted by molar-refractivity contribution is 5.94. The van der Waals surface area contributed by atoms with E-state index in [0.29, 0.717) is 32.7 Å². The number of carbonyl (C=O) groups excluding carboxylic acids is 2. The van der Waals surface area contributed by atoms with Gasteiger partial charge in [-0.25, -0.2) is 0 Å². The summed E-state index contributed by atoms with van der Waals surface area (Å²) in [6.07, 6.45) is 3.26. The first-order valence-corrected chi connectivity index (χ1v) is 11.4. The number of amides is 2. The van der Waals surface area contributed by atoms with E-state index in [9.17, 15) is 9.59 Å². The fourth-order valence-electron chi connectivity index (χ4n) is 3.86. The van der Waals surface area contributed by atoms with E-state index in [1.165, 1.54) is 6.26 Å². The molecule has 2 amide bonds. The van der Waals surface area contributed by atoms with Gasteiger partial charge in [-0.3, -0.25) is 9.59 Å². The van der Waals surface area contributed by atoms with Gasteiger partial charge in [-0.2, -0.15) is 0 Å². The summed E-state index contributed by atoms with van der Waals surface area (Å²) in [5.41, 5.74) is 1.87. The van der Waals surface area contributed by atoms with Crippen molar-refractivity contribution in [1.29, 1.82) is 0 Å². The van der Waals surface area contributed by atoms with Crippen LogP contribution in [0, 0.1) is 0 Å². The molecule has 3 heterocycles. The average Bonchev–Trinajstić information content (AvgIpc) is 3.42. The van der Waals surface area contributed by atoms with Crippen molar-refractivity contribution in [2.75, 3.05) is 44.2 Å². The van der Waals surface area contributed by atoms with Crippen LogP contribution in [0.15, 0.2) is 65.3 Å². The van der Waals surface area contributed by atoms with Crippen LogP contribution in [0.2, 0.25) is 0 Å². The van der Waals surface area contributed by atoms with Crippen molar-refractivity contribution in [2.45, 2.75) is 19.8 Å². The predicted molar refractivity (Wildman–Crippen MR) is 126 cm³/mol. The third-order valence-corrected chi connectivity index (χ3v) is 5.80. The van der Waals surface area contributed by atoms with Gasteiger partial charge in [0.2, 0.25) is 5.91 Å². The number of benzene rings is 1. The number of rotatable bonds is 8. The van der Waals surface area contributed by atoms with Gasteiger partial charge < -0.3 is 19.1 Å². The quantitative estimate of drug-likeness (QED) is 0.527. The zero-order chi connectivity index (χ0) is 23.0. The van der Waals surface area contributed by atoms with Crippen LogP contribution in [0.5, 0.6) is 0 Å². The second-order valence-electron chi connectivity index (χ2n) is 8.07. The van der Waals surface area contributed by atoms with Gasteiger partial charge >= 0.3 is 0 Å². The molecule has 4 rings (SSSR count). The van der Waals surface area contributed by atoms with Crippen molar-refractivity contribution in [2.24, 2.45) is 0 Å². The minimum atomic E-state index is -0.241. The van der Waals surface area contributed by atoms with Crippen molar-refractivity contribution in [3.63, 3.8) is 0 Å². The summed E-state index contributed by atoms with van der Waals surface area (Å²) >= 11 is 0. The van der Waals surface area contributed by atoms with E-state index in [4.69, 9.17) is 4.42 Å². The van der Waals surface area contributed by atoms with Crippen molar-refractivity contribution in [3.8, 4) is 11.3 Å². The molecule has 1 aromatic carbocycles. The molecule has 0 aliphatic carbocycles. The Bertz CT molecular complexity index is 1030. The molecule has 8 heteroatoms. The number of carbonyl (C=O) groups is 2. The van der Waals surface area contributed by atoms with Gasteiger partial charge in [-0.1, -0.05) is 43.7 Å². The minimum absolute atomic E-state index is 0.0452. The van der Waals surface area contributed by atoms with Crippen LogP contribution in [0.3, 0.4) is 0 Å². The van der Waals surface area contributed by atoms with E-state index < -0.39 is 0 Å². The maximum atomic E-state index is 12.9. The Morgan fingerprint density at radius 3 is 2.39 bits per heavy atom. The van der Waals surface area contributed by atoms with E-state index in [1.54, 1.807) is 17.0 Å². The lowest BCUT2D eigenvalue weighted by Gasteiger charge is -2.36. The molecule has 0 atom stereocenters. The molecule has 2 aromatic heterocycles. The molecule has 1 aliphatic rings. The van der Waals surface area contributed by atoms with Gasteiger partial charge in [0.1, 0.15) is 6.54 Å². The van der Waals surface area contributed by atoms with Crippen molar-refractivity contribution in [1.82, 2.24) is 20.0 Å². The first-order valence-electron chi connectivity index (χ1n) is 11.4. The van der Waals surface area contributed by atoms with Crippen LogP contribution in [-0.2, 0) is 4.79 Å². The molecule has 0 unspecified atom stereocenters. The Kier molecular flexibility index (Phi) is 7.34. The summed E-state index contributed by atoms with van der Waals surface area (Å²) in [4.78, 5) is 31.2. The van der Waals surface area contributed by atoms with Crippen molar-refractivity contribution >= 4 is 17.6 Å². The topological polar surface area (TPSA) is 82.8 Å². The third kappa shape index (κ3) is 5.58. The lowest BCUT2D eigenvalue weighted by Crippen LogP contribution is -2.52. The Hall–Kier alpha value is -3.68. The zero-order valence-corrected chi connectivity index (χ0v) is 18.9. The van der Waals surface area contributed by atoms with Gasteiger partial charge in [0.15, 0.2) is 11.6 Å². The number of hydrogen-bond donors (Lipinski definition) is 0. The Morgan fingerprint density at radius 1 is 0.970 bits per heavy atom. The van der Waals surface area contributed by atoms with E-state index >= 15 is 0 Å². The molecule has 0 spiro atoms. The number of nitrogens with zero attached hydrogens (tertiary/aromatic N) is 5. The largest absolute Gasteiger partial charge is 0.459 e. The van der Waals surface area contributed by atoms with E-state index in [0.717, 1.165) is 29.9 Å². The summed E-state index contributed by atoms with van der Waals surface area (Å²) in [7, 11) is 0. The molecule has 0 radical (unpaired) electrons. The second kappa shape index (κ2) is 10.8. The Morgan fingerprint density at radius 2 is 1.76 bits per heavy atom. The van der Waals surface area contributed by atoms with Crippen molar-refractivity contribution < 1.29 is 14.0 Å². The van der Waals surface area contributed by atoms with Crippen LogP contribution in [0.1, 0.15) is 30.3 Å². The molecule has 8 nitrogen and oxygen atoms in total. The number of aromatic nitrogens is 2. The summed E-state index contributed by atoms with van der Waals surface area (Å²) in [6, 6.07) is 17.2. The Labute approximate surface area is 193 Å². The number of piperazine rings is 1.